The van der Waals surface area contributed by atoms with Crippen LogP contribution in [0.3, 0.4) is 0 Å². The van der Waals surface area contributed by atoms with Gasteiger partial charge in [-0.15, -0.1) is 0 Å². The van der Waals surface area contributed by atoms with Gasteiger partial charge in [-0.25, -0.2) is 0 Å². The number of benzene rings is 1. The summed E-state index contributed by atoms with van der Waals surface area (Å²) in [6, 6.07) is 0. The van der Waals surface area contributed by atoms with Crippen LogP contribution >= 0.6 is 15.9 Å². The molecule has 2 heterocycles. The van der Waals surface area contributed by atoms with Gasteiger partial charge in [-0.1, -0.05) is 0 Å². The van der Waals surface area contributed by atoms with Crippen molar-refractivity contribution >= 4 is 15.9 Å². The van der Waals surface area contributed by atoms with Crippen LogP contribution in [0, 0.1) is 0 Å². The molecule has 2 aliphatic heterocycles. The van der Waals surface area contributed by atoms with E-state index in [-0.39, 0.29) is 17.7 Å². The highest BCUT2D eigenvalue weighted by Gasteiger charge is 2.42. The van der Waals surface area contributed by atoms with Gasteiger partial charge in [0.15, 0.2) is 0 Å². The molecule has 1 saturated carbocycles. The molecular formula is C16H20BrNO2. The fourth-order valence-corrected chi connectivity index (χ4v) is 4.10. The molecule has 3 nitrogen and oxygen atoms in total. The van der Waals surface area contributed by atoms with E-state index in [2.05, 4.69) is 29.8 Å². The Morgan fingerprint density at radius 1 is 1.10 bits per heavy atom. The molecule has 4 rings (SSSR count). The summed E-state index contributed by atoms with van der Waals surface area (Å²) in [6.07, 6.45) is 5.57. The van der Waals surface area contributed by atoms with Gasteiger partial charge in [0.2, 0.25) is 0 Å². The molecule has 1 aromatic rings. The lowest BCUT2D eigenvalue weighted by molar-refractivity contribution is 0.251. The Morgan fingerprint density at radius 3 is 2.35 bits per heavy atom. The molecule has 0 bridgehead atoms. The zero-order chi connectivity index (χ0) is 14.1. The maximum atomic E-state index is 6.37. The quantitative estimate of drug-likeness (QED) is 0.901. The summed E-state index contributed by atoms with van der Waals surface area (Å²) in [5.41, 5.74) is 10.3. The molecule has 3 aliphatic rings. The van der Waals surface area contributed by atoms with Crippen molar-refractivity contribution in [1.29, 1.82) is 0 Å². The average molecular weight is 338 g/mol. The van der Waals surface area contributed by atoms with E-state index in [4.69, 9.17) is 15.2 Å². The number of ether oxygens (including phenoxy) is 2. The van der Waals surface area contributed by atoms with Crippen LogP contribution in [0.2, 0.25) is 0 Å². The molecule has 0 spiro atoms. The van der Waals surface area contributed by atoms with E-state index in [1.807, 2.05) is 0 Å². The number of nitrogens with two attached hydrogens (primary N) is 1. The first-order valence-electron chi connectivity index (χ1n) is 7.45. The fourth-order valence-electron chi connectivity index (χ4n) is 3.43. The van der Waals surface area contributed by atoms with E-state index in [0.717, 1.165) is 48.1 Å². The minimum Gasteiger partial charge on any atom is -0.490 e. The van der Waals surface area contributed by atoms with Crippen LogP contribution in [0.1, 0.15) is 43.4 Å². The normalized spacial score (nSPS) is 28.6. The largest absolute Gasteiger partial charge is 0.490 e. The maximum absolute atomic E-state index is 6.37. The number of hydrogen-bond acceptors (Lipinski definition) is 3. The van der Waals surface area contributed by atoms with E-state index in [1.165, 1.54) is 16.7 Å². The Kier molecular flexibility index (Phi) is 2.68. The fraction of sp³-hybridized carbons (Fsp3) is 0.625. The topological polar surface area (TPSA) is 44.5 Å². The molecule has 0 aromatic heterocycles. The van der Waals surface area contributed by atoms with Crippen molar-refractivity contribution in [2.45, 2.75) is 63.7 Å². The molecule has 0 amide bonds. The monoisotopic (exact) mass is 337 g/mol. The lowest BCUT2D eigenvalue weighted by Crippen LogP contribution is -2.25. The standard InChI is InChI=1S/C16H20BrNO2/c1-8-5-10-12(7-16(18)3-4-16)14-11(6-9(2)19-14)13(17)15(10)20-8/h8-9H,3-7,18H2,1-2H3. The maximum Gasteiger partial charge on any atom is 0.138 e. The molecule has 2 atom stereocenters. The molecule has 2 N–H and O–H groups in total. The SMILES string of the molecule is CC1Cc2c(CC3(N)CC3)c3c(c(Br)c2O1)CC(C)O3. The van der Waals surface area contributed by atoms with Gasteiger partial charge in [0, 0.05) is 35.1 Å². The third-order valence-electron chi connectivity index (χ3n) is 4.69. The molecule has 1 aliphatic carbocycles. The van der Waals surface area contributed by atoms with Crippen molar-refractivity contribution in [1.82, 2.24) is 0 Å². The van der Waals surface area contributed by atoms with Gasteiger partial charge in [-0.2, -0.15) is 0 Å². The van der Waals surface area contributed by atoms with E-state index >= 15 is 0 Å². The van der Waals surface area contributed by atoms with E-state index < -0.39 is 0 Å². The van der Waals surface area contributed by atoms with Gasteiger partial charge in [-0.3, -0.25) is 0 Å². The predicted molar refractivity (Wildman–Crippen MR) is 81.6 cm³/mol. The molecule has 1 fully saturated rings. The Morgan fingerprint density at radius 2 is 1.70 bits per heavy atom. The summed E-state index contributed by atoms with van der Waals surface area (Å²) < 4.78 is 13.2. The predicted octanol–water partition coefficient (Wildman–Crippen LogP) is 3.13. The minimum atomic E-state index is -0.00359. The first-order chi connectivity index (χ1) is 9.47. The van der Waals surface area contributed by atoms with Gasteiger partial charge in [0.05, 0.1) is 4.47 Å². The minimum absolute atomic E-state index is 0.00359. The number of halogens is 1. The van der Waals surface area contributed by atoms with Gasteiger partial charge in [0.1, 0.15) is 23.7 Å². The van der Waals surface area contributed by atoms with Crippen LogP contribution in [0.15, 0.2) is 4.47 Å². The first kappa shape index (κ1) is 13.0. The van der Waals surface area contributed by atoms with Crippen LogP contribution in [0.4, 0.5) is 0 Å². The van der Waals surface area contributed by atoms with E-state index in [1.54, 1.807) is 0 Å². The Bertz CT molecular complexity index is 556. The number of hydrogen-bond donors (Lipinski definition) is 1. The Balaban J connectivity index is 1.88. The number of fused-ring (bicyclic) bond motifs is 2. The highest BCUT2D eigenvalue weighted by Crippen LogP contribution is 2.51. The average Bonchev–Trinajstić information content (AvgIpc) is 2.82. The van der Waals surface area contributed by atoms with Crippen molar-refractivity contribution < 1.29 is 9.47 Å². The third kappa shape index (κ3) is 1.88. The molecular weight excluding hydrogens is 318 g/mol. The zero-order valence-electron chi connectivity index (χ0n) is 12.0. The molecule has 20 heavy (non-hydrogen) atoms. The third-order valence-corrected chi connectivity index (χ3v) is 5.53. The van der Waals surface area contributed by atoms with Gasteiger partial charge in [0.25, 0.3) is 0 Å². The van der Waals surface area contributed by atoms with Crippen LogP contribution in [0.25, 0.3) is 0 Å². The zero-order valence-corrected chi connectivity index (χ0v) is 13.5. The lowest BCUT2D eigenvalue weighted by atomic mass is 9.93. The highest BCUT2D eigenvalue weighted by molar-refractivity contribution is 9.10. The number of rotatable bonds is 2. The molecule has 1 aromatic carbocycles. The summed E-state index contributed by atoms with van der Waals surface area (Å²) in [6.45, 7) is 4.25. The van der Waals surface area contributed by atoms with Crippen molar-refractivity contribution in [3.8, 4) is 11.5 Å². The molecule has 4 heteroatoms. The van der Waals surface area contributed by atoms with Crippen molar-refractivity contribution in [3.05, 3.63) is 21.2 Å². The summed E-state index contributed by atoms with van der Waals surface area (Å²) in [7, 11) is 0. The smallest absolute Gasteiger partial charge is 0.138 e. The highest BCUT2D eigenvalue weighted by atomic mass is 79.9. The van der Waals surface area contributed by atoms with Crippen molar-refractivity contribution in [2.75, 3.05) is 0 Å². The Hall–Kier alpha value is -0.740. The second kappa shape index (κ2) is 4.14. The summed E-state index contributed by atoms with van der Waals surface area (Å²) >= 11 is 3.73. The summed E-state index contributed by atoms with van der Waals surface area (Å²) in [4.78, 5) is 0. The van der Waals surface area contributed by atoms with Crippen LogP contribution in [0.5, 0.6) is 11.5 Å². The van der Waals surface area contributed by atoms with Crippen LogP contribution in [-0.4, -0.2) is 17.7 Å². The summed E-state index contributed by atoms with van der Waals surface area (Å²) in [5.74, 6) is 2.12. The van der Waals surface area contributed by atoms with Gasteiger partial charge >= 0.3 is 0 Å². The van der Waals surface area contributed by atoms with Crippen LogP contribution in [-0.2, 0) is 19.3 Å². The molecule has 2 unspecified atom stereocenters. The summed E-state index contributed by atoms with van der Waals surface area (Å²) in [5, 5.41) is 0. The van der Waals surface area contributed by atoms with Crippen LogP contribution < -0.4 is 15.2 Å². The Labute approximate surface area is 127 Å². The van der Waals surface area contributed by atoms with E-state index in [9.17, 15) is 0 Å². The van der Waals surface area contributed by atoms with Crippen molar-refractivity contribution in [2.24, 2.45) is 5.73 Å². The van der Waals surface area contributed by atoms with Gasteiger partial charge < -0.3 is 15.2 Å². The lowest BCUT2D eigenvalue weighted by Gasteiger charge is -2.18. The second-order valence-electron chi connectivity index (χ2n) is 6.71. The first-order valence-corrected chi connectivity index (χ1v) is 8.24. The molecule has 0 radical (unpaired) electrons. The molecule has 0 saturated heterocycles. The molecule has 108 valence electrons. The van der Waals surface area contributed by atoms with E-state index in [0.29, 0.717) is 0 Å². The van der Waals surface area contributed by atoms with Crippen molar-refractivity contribution in [3.63, 3.8) is 0 Å². The van der Waals surface area contributed by atoms with Gasteiger partial charge in [-0.05, 0) is 49.0 Å². The second-order valence-corrected chi connectivity index (χ2v) is 7.51.